The largest absolute Gasteiger partial charge is 0.726 e. The van der Waals surface area contributed by atoms with E-state index in [2.05, 4.69) is 71.8 Å². The van der Waals surface area contributed by atoms with E-state index in [1.54, 1.807) is 0 Å². The molecular weight excluding hydrogens is 535 g/mol. The molecule has 4 aromatic carbocycles. The first-order valence-electron chi connectivity index (χ1n) is 10.4. The Balaban J connectivity index is 0.000000207. The lowest BCUT2D eigenvalue weighted by atomic mass is 9.82. The average Bonchev–Trinajstić information content (AvgIpc) is 2.77. The van der Waals surface area contributed by atoms with E-state index in [1.165, 1.54) is 15.6 Å². The minimum absolute atomic E-state index is 0.256. The Hall–Kier alpha value is -2.00. The molecule has 0 bridgehead atoms. The van der Waals surface area contributed by atoms with Gasteiger partial charge in [0.05, 0.1) is 6.61 Å². The molecule has 0 saturated heterocycles. The van der Waals surface area contributed by atoms with Crippen molar-refractivity contribution in [3.8, 4) is 0 Å². The summed E-state index contributed by atoms with van der Waals surface area (Å²) in [5.74, 6) is 0. The van der Waals surface area contributed by atoms with Gasteiger partial charge in [-0.2, -0.15) is 0 Å². The van der Waals surface area contributed by atoms with Crippen molar-refractivity contribution in [2.75, 3.05) is 0 Å². The molecule has 0 atom stereocenters. The highest BCUT2D eigenvalue weighted by atomic mass is 127. The van der Waals surface area contributed by atoms with Gasteiger partial charge in [-0.05, 0) is 85.3 Å². The highest BCUT2D eigenvalue weighted by molar-refractivity contribution is 14.1. The molecule has 0 aliphatic rings. The van der Waals surface area contributed by atoms with Crippen molar-refractivity contribution < 1.29 is 17.2 Å². The predicted molar refractivity (Wildman–Crippen MR) is 138 cm³/mol. The van der Waals surface area contributed by atoms with E-state index in [-0.39, 0.29) is 6.61 Å². The van der Waals surface area contributed by atoms with Crippen molar-refractivity contribution in [2.24, 2.45) is 0 Å². The number of hydrogen-bond donors (Lipinski definition) is 0. The average molecular weight is 561 g/mol. The minimum Gasteiger partial charge on any atom is -0.726 e. The lowest BCUT2D eigenvalue weighted by molar-refractivity contribution is 0.254. The van der Waals surface area contributed by atoms with Gasteiger partial charge in [-0.1, -0.05) is 81.4 Å². The molecule has 6 heteroatoms. The van der Waals surface area contributed by atoms with E-state index < -0.39 is 10.4 Å². The number of benzene rings is 4. The Morgan fingerprint density at radius 3 is 1.84 bits per heavy atom. The van der Waals surface area contributed by atoms with Crippen molar-refractivity contribution in [1.29, 1.82) is 0 Å². The smallest absolute Gasteiger partial charge is 0.217 e. The van der Waals surface area contributed by atoms with Gasteiger partial charge in [-0.15, -0.1) is 0 Å². The van der Waals surface area contributed by atoms with Crippen LogP contribution in [0.3, 0.4) is 0 Å². The van der Waals surface area contributed by atoms with Gasteiger partial charge in [0, 0.05) is 3.57 Å². The lowest BCUT2D eigenvalue weighted by Gasteiger charge is -2.23. The van der Waals surface area contributed by atoms with Crippen LogP contribution < -0.4 is 0 Å². The zero-order chi connectivity index (χ0) is 23.4. The SMILES string of the molecule is CCC(C)(C)c1ccc(I)cc1.O=S(=O)([O-])OCc1c2ccccc2cc2ccccc12. The first kappa shape index (κ1) is 24.6. The Kier molecular flexibility index (Phi) is 7.92. The number of fused-ring (bicyclic) bond motifs is 2. The molecule has 32 heavy (non-hydrogen) atoms. The van der Waals surface area contributed by atoms with Gasteiger partial charge in [-0.3, -0.25) is 4.18 Å². The van der Waals surface area contributed by atoms with Crippen LogP contribution in [0.1, 0.15) is 38.3 Å². The first-order valence-corrected chi connectivity index (χ1v) is 12.8. The molecule has 0 amide bonds. The molecule has 4 aromatic rings. The summed E-state index contributed by atoms with van der Waals surface area (Å²) in [5.41, 5.74) is 2.47. The summed E-state index contributed by atoms with van der Waals surface area (Å²) < 4.78 is 37.9. The molecule has 0 aliphatic carbocycles. The Bertz CT molecular complexity index is 1260. The normalized spacial score (nSPS) is 11.9. The molecule has 0 heterocycles. The Morgan fingerprint density at radius 2 is 1.38 bits per heavy atom. The van der Waals surface area contributed by atoms with E-state index in [0.717, 1.165) is 21.5 Å². The van der Waals surface area contributed by atoms with Crippen LogP contribution in [-0.2, 0) is 26.6 Å². The van der Waals surface area contributed by atoms with Gasteiger partial charge < -0.3 is 4.55 Å². The fourth-order valence-corrected chi connectivity index (χ4v) is 4.12. The van der Waals surface area contributed by atoms with Gasteiger partial charge in [0.2, 0.25) is 10.4 Å². The minimum atomic E-state index is -4.71. The molecule has 0 N–H and O–H groups in total. The maximum Gasteiger partial charge on any atom is 0.217 e. The highest BCUT2D eigenvalue weighted by Crippen LogP contribution is 2.29. The quantitative estimate of drug-likeness (QED) is 0.115. The van der Waals surface area contributed by atoms with Crippen LogP contribution in [-0.4, -0.2) is 13.0 Å². The zero-order valence-corrected chi connectivity index (χ0v) is 21.3. The molecule has 0 aromatic heterocycles. The molecule has 0 unspecified atom stereocenters. The Morgan fingerprint density at radius 1 is 0.875 bits per heavy atom. The van der Waals surface area contributed by atoms with E-state index in [0.29, 0.717) is 11.0 Å². The van der Waals surface area contributed by atoms with Crippen molar-refractivity contribution in [3.05, 3.63) is 93.6 Å². The molecule has 168 valence electrons. The van der Waals surface area contributed by atoms with E-state index in [4.69, 9.17) is 0 Å². The third kappa shape index (κ3) is 6.28. The fraction of sp³-hybridized carbons (Fsp3) is 0.231. The van der Waals surface area contributed by atoms with E-state index in [9.17, 15) is 13.0 Å². The molecular formula is C26H26IO4S-. The Labute approximate surface area is 203 Å². The molecule has 0 radical (unpaired) electrons. The standard InChI is InChI=1S/C15H12O4S.C11H15I/c16-20(17,18)19-10-15-13-7-3-1-5-11(13)9-12-6-2-4-8-14(12)15;1-4-11(2,3)9-5-7-10(12)8-6-9/h1-9H,10H2,(H,16,17,18);5-8H,4H2,1-3H3/p-1. The zero-order valence-electron chi connectivity index (χ0n) is 18.3. The van der Waals surface area contributed by atoms with Crippen molar-refractivity contribution >= 4 is 54.5 Å². The predicted octanol–water partition coefficient (Wildman–Crippen LogP) is 6.95. The summed E-state index contributed by atoms with van der Waals surface area (Å²) in [6.45, 7) is 6.55. The fourth-order valence-electron chi connectivity index (χ4n) is 3.50. The second-order valence-electron chi connectivity index (χ2n) is 8.21. The summed E-state index contributed by atoms with van der Waals surface area (Å²) in [6, 6.07) is 26.0. The molecule has 0 spiro atoms. The van der Waals surface area contributed by atoms with Crippen LogP contribution in [0.5, 0.6) is 0 Å². The van der Waals surface area contributed by atoms with Crippen LogP contribution in [0.2, 0.25) is 0 Å². The third-order valence-electron chi connectivity index (χ3n) is 5.74. The highest BCUT2D eigenvalue weighted by Gasteiger charge is 2.17. The number of halogens is 1. The lowest BCUT2D eigenvalue weighted by Crippen LogP contribution is -2.14. The van der Waals surface area contributed by atoms with Crippen LogP contribution in [0.25, 0.3) is 21.5 Å². The van der Waals surface area contributed by atoms with Crippen molar-refractivity contribution in [1.82, 2.24) is 0 Å². The van der Waals surface area contributed by atoms with E-state index in [1.807, 2.05) is 54.6 Å². The van der Waals surface area contributed by atoms with Crippen LogP contribution in [0.4, 0.5) is 0 Å². The topological polar surface area (TPSA) is 66.4 Å². The summed E-state index contributed by atoms with van der Waals surface area (Å²) >= 11 is 2.34. The maximum atomic E-state index is 10.7. The number of rotatable bonds is 5. The van der Waals surface area contributed by atoms with Crippen LogP contribution >= 0.6 is 22.6 Å². The monoisotopic (exact) mass is 561 g/mol. The van der Waals surface area contributed by atoms with Gasteiger partial charge in [0.1, 0.15) is 0 Å². The van der Waals surface area contributed by atoms with Crippen molar-refractivity contribution in [2.45, 2.75) is 39.2 Å². The van der Waals surface area contributed by atoms with Gasteiger partial charge in [0.25, 0.3) is 0 Å². The number of hydrogen-bond acceptors (Lipinski definition) is 4. The van der Waals surface area contributed by atoms with Gasteiger partial charge in [-0.25, -0.2) is 8.42 Å². The van der Waals surface area contributed by atoms with Gasteiger partial charge in [0.15, 0.2) is 0 Å². The molecule has 0 aliphatic heterocycles. The molecule has 0 saturated carbocycles. The first-order chi connectivity index (χ1) is 15.1. The van der Waals surface area contributed by atoms with Crippen molar-refractivity contribution in [3.63, 3.8) is 0 Å². The maximum absolute atomic E-state index is 10.7. The summed E-state index contributed by atoms with van der Waals surface area (Å²) in [6.07, 6.45) is 1.19. The molecule has 4 nitrogen and oxygen atoms in total. The second-order valence-corrected chi connectivity index (χ2v) is 10.5. The summed E-state index contributed by atoms with van der Waals surface area (Å²) in [5, 5.41) is 3.73. The molecule has 0 fully saturated rings. The van der Waals surface area contributed by atoms with Gasteiger partial charge >= 0.3 is 0 Å². The van der Waals surface area contributed by atoms with E-state index >= 15 is 0 Å². The summed E-state index contributed by atoms with van der Waals surface area (Å²) in [4.78, 5) is 0. The van der Waals surface area contributed by atoms with Crippen LogP contribution in [0, 0.1) is 3.57 Å². The molecule has 4 rings (SSSR count). The van der Waals surface area contributed by atoms with Crippen LogP contribution in [0.15, 0.2) is 78.9 Å². The summed E-state index contributed by atoms with van der Waals surface area (Å²) in [7, 11) is -4.71. The second kappa shape index (κ2) is 10.3. The third-order valence-corrected chi connectivity index (χ3v) is 6.87.